The number of carbonyl (C=O) groups excluding carboxylic acids is 1. The van der Waals surface area contributed by atoms with E-state index in [-0.39, 0.29) is 30.4 Å². The number of benzene rings is 1. The number of rotatable bonds is 4. The molecule has 2 aromatic heterocycles. The second-order valence-electron chi connectivity index (χ2n) is 11.0. The Balaban J connectivity index is 1.45. The van der Waals surface area contributed by atoms with Crippen LogP contribution in [0.1, 0.15) is 73.9 Å². The Labute approximate surface area is 224 Å². The van der Waals surface area contributed by atoms with Gasteiger partial charge in [-0.05, 0) is 48.9 Å². The van der Waals surface area contributed by atoms with Gasteiger partial charge in [0.05, 0.1) is 18.8 Å². The summed E-state index contributed by atoms with van der Waals surface area (Å²) < 4.78 is 60.1. The standard InChI is InChI=1S/C28H32F4N6O/c1-17(39)36-11-7-24-23(16-36)27(34-38(24)20-5-8-28(31,32)9-6-20)37-10-3-4-18-12-21(19-14-33-35(2)15-19)22(26(29)30)13-25(18)37/h12-15,20,26H,3-11,16H2,1-2H3. The second-order valence-corrected chi connectivity index (χ2v) is 11.0. The highest BCUT2D eigenvalue weighted by molar-refractivity contribution is 5.78. The maximum atomic E-state index is 14.4. The van der Waals surface area contributed by atoms with E-state index >= 15 is 0 Å². The average Bonchev–Trinajstić information content (AvgIpc) is 3.51. The lowest BCUT2D eigenvalue weighted by atomic mass is 9.91. The molecule has 0 saturated heterocycles. The van der Waals surface area contributed by atoms with Gasteiger partial charge in [0, 0.05) is 80.6 Å². The lowest BCUT2D eigenvalue weighted by molar-refractivity contribution is -0.129. The van der Waals surface area contributed by atoms with Crippen molar-refractivity contribution in [2.45, 2.75) is 76.8 Å². The fourth-order valence-corrected chi connectivity index (χ4v) is 6.35. The van der Waals surface area contributed by atoms with Gasteiger partial charge in [-0.15, -0.1) is 0 Å². The van der Waals surface area contributed by atoms with Crippen LogP contribution in [0.2, 0.25) is 0 Å². The third kappa shape index (κ3) is 4.69. The molecule has 1 amide bonds. The number of amides is 1. The minimum atomic E-state index is -2.68. The Morgan fingerprint density at radius 3 is 2.56 bits per heavy atom. The van der Waals surface area contributed by atoms with Gasteiger partial charge < -0.3 is 9.80 Å². The van der Waals surface area contributed by atoms with E-state index in [0.29, 0.717) is 61.5 Å². The van der Waals surface area contributed by atoms with Crippen molar-refractivity contribution in [2.75, 3.05) is 18.0 Å². The number of aromatic nitrogens is 4. The van der Waals surface area contributed by atoms with Crippen LogP contribution in [0.3, 0.4) is 0 Å². The molecule has 1 aromatic carbocycles. The van der Waals surface area contributed by atoms with Gasteiger partial charge >= 0.3 is 0 Å². The molecule has 7 nitrogen and oxygen atoms in total. The zero-order valence-electron chi connectivity index (χ0n) is 22.1. The third-order valence-electron chi connectivity index (χ3n) is 8.42. The van der Waals surface area contributed by atoms with E-state index in [1.165, 1.54) is 6.92 Å². The highest BCUT2D eigenvalue weighted by Crippen LogP contribution is 2.45. The van der Waals surface area contributed by atoms with E-state index in [0.717, 1.165) is 29.7 Å². The van der Waals surface area contributed by atoms with Crippen molar-refractivity contribution in [3.8, 4) is 11.1 Å². The number of carbonyl (C=O) groups is 1. The van der Waals surface area contributed by atoms with Gasteiger partial charge in [0.1, 0.15) is 0 Å². The molecule has 208 valence electrons. The van der Waals surface area contributed by atoms with Crippen molar-refractivity contribution in [3.05, 3.63) is 46.9 Å². The fraction of sp³-hybridized carbons (Fsp3) is 0.536. The predicted octanol–water partition coefficient (Wildman–Crippen LogP) is 5.96. The van der Waals surface area contributed by atoms with E-state index in [1.807, 2.05) is 15.6 Å². The lowest BCUT2D eigenvalue weighted by Crippen LogP contribution is -2.36. The summed E-state index contributed by atoms with van der Waals surface area (Å²) >= 11 is 0. The number of fused-ring (bicyclic) bond motifs is 2. The number of nitrogens with zero attached hydrogens (tertiary/aromatic N) is 6. The summed E-state index contributed by atoms with van der Waals surface area (Å²) in [5.41, 5.74) is 4.53. The van der Waals surface area contributed by atoms with Crippen molar-refractivity contribution in [1.82, 2.24) is 24.5 Å². The van der Waals surface area contributed by atoms with Gasteiger partial charge in [0.15, 0.2) is 5.82 Å². The zero-order valence-corrected chi connectivity index (χ0v) is 22.1. The summed E-state index contributed by atoms with van der Waals surface area (Å²) in [5.74, 6) is -2.05. The van der Waals surface area contributed by atoms with Gasteiger partial charge in [-0.2, -0.15) is 10.2 Å². The summed E-state index contributed by atoms with van der Waals surface area (Å²) in [6.45, 7) is 3.03. The number of hydrogen-bond donors (Lipinski definition) is 0. The molecule has 2 aliphatic heterocycles. The van der Waals surface area contributed by atoms with Crippen molar-refractivity contribution in [1.29, 1.82) is 0 Å². The largest absolute Gasteiger partial charge is 0.338 e. The number of hydrogen-bond acceptors (Lipinski definition) is 4. The lowest BCUT2D eigenvalue weighted by Gasteiger charge is -2.33. The van der Waals surface area contributed by atoms with E-state index < -0.39 is 12.3 Å². The number of halogens is 4. The molecule has 1 saturated carbocycles. The van der Waals surface area contributed by atoms with Crippen LogP contribution in [0.4, 0.5) is 29.1 Å². The first-order chi connectivity index (χ1) is 18.6. The first-order valence-corrected chi connectivity index (χ1v) is 13.6. The topological polar surface area (TPSA) is 59.2 Å². The normalized spacial score (nSPS) is 19.4. The summed E-state index contributed by atoms with van der Waals surface area (Å²) in [6.07, 6.45) is 3.08. The molecule has 1 fully saturated rings. The SMILES string of the molecule is CC(=O)N1CCc2c(c(N3CCCc4cc(-c5cnn(C)c5)c(C(F)F)cc43)nn2C2CCC(F)(F)CC2)C1. The molecule has 0 bridgehead atoms. The van der Waals surface area contributed by atoms with Gasteiger partial charge in [0.2, 0.25) is 11.8 Å². The van der Waals surface area contributed by atoms with Crippen LogP contribution >= 0.6 is 0 Å². The van der Waals surface area contributed by atoms with Crippen LogP contribution in [0.5, 0.6) is 0 Å². The third-order valence-corrected chi connectivity index (χ3v) is 8.42. The highest BCUT2D eigenvalue weighted by atomic mass is 19.3. The quantitative estimate of drug-likeness (QED) is 0.381. The Kier molecular flexibility index (Phi) is 6.42. The molecule has 0 radical (unpaired) electrons. The molecule has 0 spiro atoms. The Morgan fingerprint density at radius 1 is 1.13 bits per heavy atom. The molecule has 3 aromatic rings. The van der Waals surface area contributed by atoms with Gasteiger partial charge in [0.25, 0.3) is 6.43 Å². The van der Waals surface area contributed by atoms with Crippen molar-refractivity contribution in [3.63, 3.8) is 0 Å². The predicted molar refractivity (Wildman–Crippen MR) is 138 cm³/mol. The molecular weight excluding hydrogens is 512 g/mol. The molecule has 0 unspecified atom stereocenters. The van der Waals surface area contributed by atoms with Crippen molar-refractivity contribution in [2.24, 2.45) is 7.05 Å². The smallest absolute Gasteiger partial charge is 0.264 e. The van der Waals surface area contributed by atoms with Crippen LogP contribution < -0.4 is 4.90 Å². The summed E-state index contributed by atoms with van der Waals surface area (Å²) in [7, 11) is 1.75. The highest BCUT2D eigenvalue weighted by Gasteiger charge is 2.39. The fourth-order valence-electron chi connectivity index (χ4n) is 6.35. The zero-order chi connectivity index (χ0) is 27.5. The van der Waals surface area contributed by atoms with E-state index in [2.05, 4.69) is 5.10 Å². The molecule has 1 aliphatic carbocycles. The van der Waals surface area contributed by atoms with Crippen LogP contribution in [0, 0.1) is 0 Å². The summed E-state index contributed by atoms with van der Waals surface area (Å²) in [6, 6.07) is 3.26. The van der Waals surface area contributed by atoms with Crippen molar-refractivity contribution < 1.29 is 22.4 Å². The van der Waals surface area contributed by atoms with E-state index in [9.17, 15) is 22.4 Å². The van der Waals surface area contributed by atoms with Crippen LogP contribution in [0.15, 0.2) is 24.5 Å². The van der Waals surface area contributed by atoms with Crippen LogP contribution in [-0.2, 0) is 31.2 Å². The maximum Gasteiger partial charge on any atom is 0.264 e. The molecule has 39 heavy (non-hydrogen) atoms. The van der Waals surface area contributed by atoms with Crippen LogP contribution in [-0.4, -0.2) is 49.4 Å². The number of alkyl halides is 4. The van der Waals surface area contributed by atoms with Gasteiger partial charge in [-0.3, -0.25) is 14.2 Å². The first kappa shape index (κ1) is 25.9. The molecule has 0 atom stereocenters. The summed E-state index contributed by atoms with van der Waals surface area (Å²) in [4.78, 5) is 16.0. The summed E-state index contributed by atoms with van der Waals surface area (Å²) in [5, 5.41) is 9.16. The average molecular weight is 545 g/mol. The Bertz CT molecular complexity index is 1400. The Hall–Kier alpha value is -3.37. The van der Waals surface area contributed by atoms with Crippen molar-refractivity contribution >= 4 is 17.4 Å². The number of anilines is 2. The monoisotopic (exact) mass is 544 g/mol. The van der Waals surface area contributed by atoms with Gasteiger partial charge in [-0.1, -0.05) is 0 Å². The molecule has 0 N–H and O–H groups in total. The molecule has 11 heteroatoms. The Morgan fingerprint density at radius 2 is 1.90 bits per heavy atom. The van der Waals surface area contributed by atoms with Gasteiger partial charge in [-0.25, -0.2) is 17.6 Å². The van der Waals surface area contributed by atoms with E-state index in [1.54, 1.807) is 35.1 Å². The maximum absolute atomic E-state index is 14.4. The van der Waals surface area contributed by atoms with E-state index in [4.69, 9.17) is 5.10 Å². The molecule has 3 aliphatic rings. The minimum Gasteiger partial charge on any atom is -0.338 e. The number of aryl methyl sites for hydroxylation is 2. The molecular formula is C28H32F4N6O. The molecule has 6 rings (SSSR count). The van der Waals surface area contributed by atoms with Crippen LogP contribution in [0.25, 0.3) is 11.1 Å². The first-order valence-electron chi connectivity index (χ1n) is 13.6. The molecule has 4 heterocycles. The minimum absolute atomic E-state index is 0.0446. The second kappa shape index (κ2) is 9.67.